The predicted octanol–water partition coefficient (Wildman–Crippen LogP) is 3.22. The summed E-state index contributed by atoms with van der Waals surface area (Å²) in [6.45, 7) is -1.27. The fourth-order valence-corrected chi connectivity index (χ4v) is 5.53. The van der Waals surface area contributed by atoms with Gasteiger partial charge in [0.25, 0.3) is 0 Å². The Balaban J connectivity index is 1.33. The van der Waals surface area contributed by atoms with Gasteiger partial charge in [-0.15, -0.1) is 0 Å². The molecule has 0 bridgehead atoms. The van der Waals surface area contributed by atoms with E-state index in [1.807, 2.05) is 0 Å². The Labute approximate surface area is 269 Å². The van der Waals surface area contributed by atoms with Gasteiger partial charge in [0.1, 0.15) is 36.2 Å². The first-order chi connectivity index (χ1) is 22.9. The number of anilines is 1. The molecule has 2 aliphatic rings. The molecule has 252 valence electrons. The molecule has 48 heavy (non-hydrogen) atoms. The summed E-state index contributed by atoms with van der Waals surface area (Å²) in [5.74, 6) is -12.8. The number of nitrogens with one attached hydrogen (secondary N) is 2. The van der Waals surface area contributed by atoms with Crippen LogP contribution in [0, 0.1) is 23.3 Å². The van der Waals surface area contributed by atoms with Crippen LogP contribution in [0.1, 0.15) is 24.0 Å². The summed E-state index contributed by atoms with van der Waals surface area (Å²) in [4.78, 5) is 66.0. The number of methoxy groups -OCH3 is 1. The van der Waals surface area contributed by atoms with E-state index in [0.717, 1.165) is 0 Å². The van der Waals surface area contributed by atoms with Crippen molar-refractivity contribution in [3.63, 3.8) is 0 Å². The lowest BCUT2D eigenvalue weighted by molar-refractivity contribution is -0.140. The molecule has 0 aliphatic carbocycles. The number of halogens is 4. The highest BCUT2D eigenvalue weighted by molar-refractivity contribution is 6.08. The number of ketones is 1. The highest BCUT2D eigenvalue weighted by Crippen LogP contribution is 2.39. The van der Waals surface area contributed by atoms with Gasteiger partial charge in [0.15, 0.2) is 23.2 Å². The second kappa shape index (κ2) is 14.0. The first-order valence-corrected chi connectivity index (χ1v) is 14.4. The molecule has 0 saturated heterocycles. The van der Waals surface area contributed by atoms with Crippen LogP contribution in [-0.2, 0) is 32.0 Å². The molecule has 2 aliphatic heterocycles. The molecule has 0 radical (unpaired) electrons. The molecule has 16 heteroatoms. The van der Waals surface area contributed by atoms with Crippen LogP contribution in [0.5, 0.6) is 17.2 Å². The van der Waals surface area contributed by atoms with Crippen LogP contribution < -0.4 is 29.7 Å². The van der Waals surface area contributed by atoms with Crippen molar-refractivity contribution in [3.05, 3.63) is 82.9 Å². The number of carboxylic acids is 1. The third-order valence-corrected chi connectivity index (χ3v) is 7.77. The lowest BCUT2D eigenvalue weighted by Crippen LogP contribution is -2.57. The van der Waals surface area contributed by atoms with E-state index < -0.39 is 89.8 Å². The highest BCUT2D eigenvalue weighted by Gasteiger charge is 2.45. The molecule has 0 spiro atoms. The van der Waals surface area contributed by atoms with Gasteiger partial charge < -0.3 is 30.0 Å². The number of amides is 3. The lowest BCUT2D eigenvalue weighted by atomic mass is 10.0. The number of aryl methyl sites for hydroxylation is 1. The van der Waals surface area contributed by atoms with E-state index in [1.54, 1.807) is 30.3 Å². The number of carboxylic acid groups (broad SMARTS) is 1. The molecule has 3 aromatic rings. The first kappa shape index (κ1) is 33.7. The second-order valence-electron chi connectivity index (χ2n) is 10.9. The van der Waals surface area contributed by atoms with Crippen molar-refractivity contribution >= 4 is 35.3 Å². The number of carbonyl (C=O) groups excluding carboxylic acids is 4. The number of ether oxygens (including phenoxy) is 3. The minimum absolute atomic E-state index is 0.0365. The zero-order valence-electron chi connectivity index (χ0n) is 25.1. The van der Waals surface area contributed by atoms with Crippen molar-refractivity contribution in [2.75, 3.05) is 18.6 Å². The molecule has 0 aromatic heterocycles. The van der Waals surface area contributed by atoms with Crippen molar-refractivity contribution in [1.82, 2.24) is 10.6 Å². The summed E-state index contributed by atoms with van der Waals surface area (Å²) >= 11 is 0. The number of aliphatic carboxylic acids is 1. The van der Waals surface area contributed by atoms with E-state index in [1.165, 1.54) is 24.1 Å². The molecule has 12 nitrogen and oxygen atoms in total. The summed E-state index contributed by atoms with van der Waals surface area (Å²) in [6, 6.07) is 7.00. The van der Waals surface area contributed by atoms with Crippen LogP contribution in [-0.4, -0.2) is 66.6 Å². The van der Waals surface area contributed by atoms with Crippen LogP contribution in [0.15, 0.2) is 48.5 Å². The Bertz CT molecular complexity index is 1780. The zero-order valence-corrected chi connectivity index (χ0v) is 25.1. The number of benzene rings is 3. The number of nitrogens with zero attached hydrogens (tertiary/aromatic N) is 1. The van der Waals surface area contributed by atoms with Gasteiger partial charge in [0.2, 0.25) is 23.4 Å². The maximum absolute atomic E-state index is 14.0. The number of hydrogen-bond donors (Lipinski definition) is 3. The van der Waals surface area contributed by atoms with Crippen LogP contribution in [0.25, 0.3) is 0 Å². The lowest BCUT2D eigenvalue weighted by Gasteiger charge is -2.28. The smallest absolute Gasteiger partial charge is 0.413 e. The third-order valence-electron chi connectivity index (χ3n) is 7.77. The SMILES string of the molecule is COc1cccc(OC(=O)NC2CCc3cccc4c3N(C2=O)C(C(=O)NC(CC(=O)O)C(=O)COc2c(F)c(F)cc(F)c2F)C4)c1. The van der Waals surface area contributed by atoms with E-state index in [4.69, 9.17) is 9.47 Å². The van der Waals surface area contributed by atoms with Gasteiger partial charge in [0, 0.05) is 18.6 Å². The summed E-state index contributed by atoms with van der Waals surface area (Å²) in [6.07, 6.45) is -1.53. The maximum atomic E-state index is 14.0. The molecule has 3 unspecified atom stereocenters. The van der Waals surface area contributed by atoms with Gasteiger partial charge in [-0.1, -0.05) is 24.3 Å². The quantitative estimate of drug-likeness (QED) is 0.205. The molecule has 0 fully saturated rings. The number of rotatable bonds is 11. The Morgan fingerprint density at radius 3 is 2.33 bits per heavy atom. The standard InChI is InChI=1S/C32H27F4N3O9/c1-46-17-6-3-7-18(11-17)48-32(45)38-21-9-8-15-4-2-5-16-10-23(39(28(15)16)31(21)44)30(43)37-22(13-25(41)42)24(40)14-47-29-26(35)19(33)12-20(34)27(29)36/h2-7,11-12,21-23H,8-10,13-14H2,1H3,(H,37,43)(H,38,45)(H,41,42). The Morgan fingerprint density at radius 1 is 0.979 bits per heavy atom. The van der Waals surface area contributed by atoms with E-state index in [2.05, 4.69) is 15.4 Å². The van der Waals surface area contributed by atoms with Crippen LogP contribution in [0.3, 0.4) is 0 Å². The highest BCUT2D eigenvalue weighted by atomic mass is 19.2. The minimum Gasteiger partial charge on any atom is -0.497 e. The van der Waals surface area contributed by atoms with Gasteiger partial charge in [0.05, 0.1) is 19.2 Å². The van der Waals surface area contributed by atoms with Gasteiger partial charge in [-0.25, -0.2) is 13.6 Å². The van der Waals surface area contributed by atoms with Gasteiger partial charge in [-0.05, 0) is 36.1 Å². The van der Waals surface area contributed by atoms with E-state index in [0.29, 0.717) is 29.0 Å². The Hall–Kier alpha value is -5.67. The Morgan fingerprint density at radius 2 is 1.65 bits per heavy atom. The molecule has 5 rings (SSSR count). The molecular formula is C32H27F4N3O9. The summed E-state index contributed by atoms with van der Waals surface area (Å²) in [5.41, 5.74) is 1.72. The summed E-state index contributed by atoms with van der Waals surface area (Å²) < 4.78 is 70.3. The maximum Gasteiger partial charge on any atom is 0.413 e. The molecule has 3 aromatic carbocycles. The Kier molecular flexibility index (Phi) is 9.82. The first-order valence-electron chi connectivity index (χ1n) is 14.4. The normalized spacial score (nSPS) is 17.1. The average molecular weight is 674 g/mol. The summed E-state index contributed by atoms with van der Waals surface area (Å²) in [7, 11) is 1.43. The van der Waals surface area contributed by atoms with E-state index in [-0.39, 0.29) is 24.7 Å². The average Bonchev–Trinajstić information content (AvgIpc) is 3.39. The number of para-hydroxylation sites is 1. The molecule has 3 amide bonds. The zero-order chi connectivity index (χ0) is 34.7. The van der Waals surface area contributed by atoms with Crippen molar-refractivity contribution in [2.24, 2.45) is 0 Å². The fraction of sp³-hybridized carbons (Fsp3) is 0.281. The van der Waals surface area contributed by atoms with E-state index >= 15 is 0 Å². The van der Waals surface area contributed by atoms with Crippen LogP contribution in [0.2, 0.25) is 0 Å². The van der Waals surface area contributed by atoms with Crippen molar-refractivity contribution < 1.29 is 60.9 Å². The van der Waals surface area contributed by atoms with Crippen molar-refractivity contribution in [1.29, 1.82) is 0 Å². The van der Waals surface area contributed by atoms with E-state index in [9.17, 15) is 46.6 Å². The van der Waals surface area contributed by atoms with Gasteiger partial charge in [-0.2, -0.15) is 8.78 Å². The van der Waals surface area contributed by atoms with Gasteiger partial charge >= 0.3 is 12.1 Å². The van der Waals surface area contributed by atoms with Crippen molar-refractivity contribution in [2.45, 2.75) is 43.8 Å². The number of carbonyl (C=O) groups is 5. The summed E-state index contributed by atoms with van der Waals surface area (Å²) in [5, 5.41) is 14.2. The fourth-order valence-electron chi connectivity index (χ4n) is 5.53. The monoisotopic (exact) mass is 673 g/mol. The molecule has 0 saturated carbocycles. The number of Topliss-reactive ketones (excluding diaryl/α,β-unsaturated/α-hetero) is 1. The molecular weight excluding hydrogens is 646 g/mol. The van der Waals surface area contributed by atoms with Crippen molar-refractivity contribution in [3.8, 4) is 17.2 Å². The van der Waals surface area contributed by atoms with Gasteiger partial charge in [-0.3, -0.25) is 24.1 Å². The van der Waals surface area contributed by atoms with Crippen LogP contribution in [0.4, 0.5) is 28.0 Å². The number of hydrogen-bond acceptors (Lipinski definition) is 8. The minimum atomic E-state index is -1.92. The largest absolute Gasteiger partial charge is 0.497 e. The molecule has 3 atom stereocenters. The third kappa shape index (κ3) is 7.01. The predicted molar refractivity (Wildman–Crippen MR) is 157 cm³/mol. The molecule has 3 N–H and O–H groups in total. The molecule has 2 heterocycles. The topological polar surface area (TPSA) is 161 Å². The van der Waals surface area contributed by atoms with Crippen LogP contribution >= 0.6 is 0 Å². The second-order valence-corrected chi connectivity index (χ2v) is 10.9.